The first-order valence-electron chi connectivity index (χ1n) is 10.5. The number of nitrogens with zero attached hydrogens (tertiary/aromatic N) is 3. The number of rotatable bonds is 6. The molecule has 9 heteroatoms. The summed E-state index contributed by atoms with van der Waals surface area (Å²) >= 11 is 0. The average molecular weight is 453 g/mol. The Morgan fingerprint density at radius 3 is 2.61 bits per heavy atom. The van der Waals surface area contributed by atoms with Gasteiger partial charge in [0.1, 0.15) is 11.6 Å². The fraction of sp³-hybridized carbons (Fsp3) is 0.292. The molecule has 4 rings (SSSR count). The van der Waals surface area contributed by atoms with Gasteiger partial charge in [-0.1, -0.05) is 12.1 Å². The van der Waals surface area contributed by atoms with Crippen LogP contribution in [0.2, 0.25) is 0 Å². The van der Waals surface area contributed by atoms with E-state index in [1.54, 1.807) is 19.2 Å². The summed E-state index contributed by atoms with van der Waals surface area (Å²) < 4.78 is 20.5. The highest BCUT2D eigenvalue weighted by Gasteiger charge is 2.45. The third-order valence-electron chi connectivity index (χ3n) is 5.77. The molecule has 0 saturated carbocycles. The van der Waals surface area contributed by atoms with Crippen molar-refractivity contribution < 1.29 is 23.5 Å². The first-order valence-corrected chi connectivity index (χ1v) is 10.5. The summed E-state index contributed by atoms with van der Waals surface area (Å²) in [5.41, 5.74) is 1.21. The van der Waals surface area contributed by atoms with Gasteiger partial charge in [-0.3, -0.25) is 14.2 Å². The van der Waals surface area contributed by atoms with E-state index in [1.165, 1.54) is 39.8 Å². The van der Waals surface area contributed by atoms with Crippen LogP contribution in [0.15, 0.2) is 57.2 Å². The number of aliphatic hydroxyl groups excluding tert-OH is 1. The number of hydrogen-bond donors (Lipinski definition) is 1. The van der Waals surface area contributed by atoms with Crippen LogP contribution >= 0.6 is 0 Å². The number of halogens is 1. The fourth-order valence-electron chi connectivity index (χ4n) is 4.13. The van der Waals surface area contributed by atoms with E-state index in [2.05, 4.69) is 0 Å². The van der Waals surface area contributed by atoms with Crippen molar-refractivity contribution in [2.24, 2.45) is 7.05 Å². The summed E-state index contributed by atoms with van der Waals surface area (Å²) in [7, 11) is 5.35. The molecule has 2 heterocycles. The first kappa shape index (κ1) is 22.5. The van der Waals surface area contributed by atoms with Crippen molar-refractivity contribution in [3.05, 3.63) is 75.5 Å². The van der Waals surface area contributed by atoms with Gasteiger partial charge in [-0.05, 0) is 63.0 Å². The smallest absolute Gasteiger partial charge is 0.419 e. The molecular weight excluding hydrogens is 429 g/mol. The summed E-state index contributed by atoms with van der Waals surface area (Å²) in [6.07, 6.45) is 0.590. The van der Waals surface area contributed by atoms with Crippen molar-refractivity contribution in [3.63, 3.8) is 0 Å². The number of fused-ring (bicyclic) bond motifs is 1. The van der Waals surface area contributed by atoms with Crippen LogP contribution in [-0.4, -0.2) is 58.3 Å². The summed E-state index contributed by atoms with van der Waals surface area (Å²) in [6.45, 7) is 0.940. The van der Waals surface area contributed by atoms with Gasteiger partial charge in [0.25, 0.3) is 11.7 Å². The van der Waals surface area contributed by atoms with Crippen LogP contribution < -0.4 is 5.76 Å². The number of hydrogen-bond acceptors (Lipinski definition) is 6. The number of aliphatic hydroxyl groups is 1. The molecular formula is C24H24FN3O5. The maximum atomic E-state index is 14.0. The zero-order valence-electron chi connectivity index (χ0n) is 18.5. The Labute approximate surface area is 189 Å². The molecule has 1 aromatic heterocycles. The molecule has 1 atom stereocenters. The molecule has 1 aliphatic heterocycles. The molecule has 0 radical (unpaired) electrons. The summed E-state index contributed by atoms with van der Waals surface area (Å²) in [6, 6.07) is 9.25. The van der Waals surface area contributed by atoms with E-state index >= 15 is 0 Å². The van der Waals surface area contributed by atoms with Gasteiger partial charge in [0.2, 0.25) is 0 Å². The number of ketones is 1. The highest BCUT2D eigenvalue weighted by Crippen LogP contribution is 2.39. The molecule has 0 aliphatic carbocycles. The van der Waals surface area contributed by atoms with E-state index in [1.807, 2.05) is 19.0 Å². The van der Waals surface area contributed by atoms with Crippen molar-refractivity contribution in [1.29, 1.82) is 0 Å². The molecule has 0 unspecified atom stereocenters. The number of likely N-dealkylation sites (tertiary alicyclic amines) is 1. The molecule has 172 valence electrons. The van der Waals surface area contributed by atoms with Gasteiger partial charge < -0.3 is 19.3 Å². The van der Waals surface area contributed by atoms with Crippen LogP contribution in [0.4, 0.5) is 4.39 Å². The predicted octanol–water partition coefficient (Wildman–Crippen LogP) is 2.64. The molecule has 0 spiro atoms. The molecule has 1 saturated heterocycles. The lowest BCUT2D eigenvalue weighted by Gasteiger charge is -2.26. The molecule has 0 bridgehead atoms. The van der Waals surface area contributed by atoms with Crippen LogP contribution in [0.25, 0.3) is 16.9 Å². The van der Waals surface area contributed by atoms with Crippen molar-refractivity contribution in [2.45, 2.75) is 12.5 Å². The number of amides is 1. The third kappa shape index (κ3) is 4.07. The topological polar surface area (TPSA) is 96.0 Å². The lowest BCUT2D eigenvalue weighted by Crippen LogP contribution is -2.32. The van der Waals surface area contributed by atoms with Gasteiger partial charge in [-0.2, -0.15) is 0 Å². The average Bonchev–Trinajstić information content (AvgIpc) is 3.20. The Kier molecular flexibility index (Phi) is 5.90. The zero-order valence-corrected chi connectivity index (χ0v) is 18.5. The van der Waals surface area contributed by atoms with Crippen LogP contribution in [0.1, 0.15) is 23.6 Å². The second kappa shape index (κ2) is 8.67. The Balaban J connectivity index is 1.84. The standard InChI is InChI=1S/C24H24FN3O5/c1-26(2)10-5-11-28-20(14-6-4-7-16(25)12-14)19(22(30)23(28)31)21(29)15-8-9-17-18(13-15)33-24(32)27(17)3/h4,6-9,12-13,20,29H,5,10-11H2,1-3H3/t20-/m1/s1. The number of aryl methyl sites for hydroxylation is 1. The zero-order chi connectivity index (χ0) is 23.9. The number of carbonyl (C=O) groups is 2. The van der Waals surface area contributed by atoms with Crippen molar-refractivity contribution in [2.75, 3.05) is 27.2 Å². The largest absolute Gasteiger partial charge is 0.507 e. The number of benzene rings is 2. The lowest BCUT2D eigenvalue weighted by molar-refractivity contribution is -0.139. The monoisotopic (exact) mass is 453 g/mol. The van der Waals surface area contributed by atoms with Crippen LogP contribution in [-0.2, 0) is 16.6 Å². The lowest BCUT2D eigenvalue weighted by atomic mass is 9.95. The number of carbonyl (C=O) groups excluding carboxylic acids is 2. The van der Waals surface area contributed by atoms with Crippen molar-refractivity contribution in [3.8, 4) is 0 Å². The number of aromatic nitrogens is 1. The van der Waals surface area contributed by atoms with Gasteiger partial charge in [-0.15, -0.1) is 0 Å². The SMILES string of the molecule is CN(C)CCCN1C(=O)C(=O)C(=C(O)c2ccc3c(c2)oc(=O)n3C)[C@H]1c1cccc(F)c1. The Morgan fingerprint density at radius 1 is 1.15 bits per heavy atom. The van der Waals surface area contributed by atoms with E-state index < -0.39 is 35.1 Å². The molecule has 8 nitrogen and oxygen atoms in total. The predicted molar refractivity (Wildman–Crippen MR) is 120 cm³/mol. The molecule has 3 aromatic rings. The van der Waals surface area contributed by atoms with Gasteiger partial charge in [0.05, 0.1) is 17.1 Å². The second-order valence-corrected chi connectivity index (χ2v) is 8.31. The Hall–Kier alpha value is -3.72. The van der Waals surface area contributed by atoms with E-state index in [0.717, 1.165) is 0 Å². The number of oxazole rings is 1. The van der Waals surface area contributed by atoms with Crippen molar-refractivity contribution in [1.82, 2.24) is 14.4 Å². The van der Waals surface area contributed by atoms with E-state index in [-0.39, 0.29) is 23.3 Å². The van der Waals surface area contributed by atoms with Crippen LogP contribution in [0.3, 0.4) is 0 Å². The quantitative estimate of drug-likeness (QED) is 0.350. The Morgan fingerprint density at radius 2 is 1.91 bits per heavy atom. The van der Waals surface area contributed by atoms with Crippen molar-refractivity contribution >= 4 is 28.5 Å². The molecule has 33 heavy (non-hydrogen) atoms. The minimum absolute atomic E-state index is 0.131. The Bertz CT molecular complexity index is 1340. The van der Waals surface area contributed by atoms with E-state index in [4.69, 9.17) is 4.42 Å². The van der Waals surface area contributed by atoms with Gasteiger partial charge in [0.15, 0.2) is 5.58 Å². The first-order chi connectivity index (χ1) is 15.7. The van der Waals surface area contributed by atoms with Crippen LogP contribution in [0.5, 0.6) is 0 Å². The van der Waals surface area contributed by atoms with Gasteiger partial charge in [-0.25, -0.2) is 9.18 Å². The molecule has 1 fully saturated rings. The highest BCUT2D eigenvalue weighted by molar-refractivity contribution is 6.46. The molecule has 1 N–H and O–H groups in total. The number of Topliss-reactive ketones (excluding diaryl/α,β-unsaturated/α-hetero) is 1. The minimum atomic E-state index is -0.943. The maximum Gasteiger partial charge on any atom is 0.419 e. The third-order valence-corrected chi connectivity index (χ3v) is 5.77. The minimum Gasteiger partial charge on any atom is -0.507 e. The van der Waals surface area contributed by atoms with Crippen LogP contribution in [0, 0.1) is 5.82 Å². The van der Waals surface area contributed by atoms with E-state index in [0.29, 0.717) is 24.0 Å². The summed E-state index contributed by atoms with van der Waals surface area (Å²) in [5.74, 6) is -3.09. The second-order valence-electron chi connectivity index (χ2n) is 8.31. The summed E-state index contributed by atoms with van der Waals surface area (Å²) in [5, 5.41) is 11.1. The molecule has 1 amide bonds. The molecule has 2 aromatic carbocycles. The van der Waals surface area contributed by atoms with Gasteiger partial charge in [0, 0.05) is 19.2 Å². The maximum absolute atomic E-state index is 14.0. The normalized spacial score (nSPS) is 18.1. The fourth-order valence-corrected chi connectivity index (χ4v) is 4.13. The highest BCUT2D eigenvalue weighted by atomic mass is 19.1. The van der Waals surface area contributed by atoms with E-state index in [9.17, 15) is 23.9 Å². The van der Waals surface area contributed by atoms with Gasteiger partial charge >= 0.3 is 5.76 Å². The summed E-state index contributed by atoms with van der Waals surface area (Å²) in [4.78, 5) is 41.1. The molecule has 1 aliphatic rings.